The summed E-state index contributed by atoms with van der Waals surface area (Å²) >= 11 is 0. The Morgan fingerprint density at radius 1 is 1.29 bits per heavy atom. The summed E-state index contributed by atoms with van der Waals surface area (Å²) in [7, 11) is 0. The maximum atomic E-state index is 12.7. The Morgan fingerprint density at radius 3 is 2.62 bits per heavy atom. The Kier molecular flexibility index (Phi) is 5.23. The molecule has 3 N–H and O–H groups in total. The van der Waals surface area contributed by atoms with Crippen LogP contribution in [0.1, 0.15) is 29.9 Å². The molecule has 1 heterocycles. The van der Waals surface area contributed by atoms with Gasteiger partial charge < -0.3 is 20.3 Å². The average molecular weight is 331 g/mol. The number of aromatic nitrogens is 1. The summed E-state index contributed by atoms with van der Waals surface area (Å²) in [5, 5.41) is 12.7. The number of carboxylic acids is 1. The number of hydrogen-bond donors (Lipinski definition) is 3. The number of amides is 2. The molecule has 1 aromatic heterocycles. The quantitative estimate of drug-likeness (QED) is 0.747. The fourth-order valence-electron chi connectivity index (χ4n) is 2.47. The summed E-state index contributed by atoms with van der Waals surface area (Å²) < 4.78 is 0. The Balaban J connectivity index is 2.26. The van der Waals surface area contributed by atoms with Gasteiger partial charge in [-0.05, 0) is 31.5 Å². The van der Waals surface area contributed by atoms with Crippen molar-refractivity contribution in [3.63, 3.8) is 0 Å². The molecule has 0 saturated heterocycles. The number of aliphatic carboxylic acids is 1. The number of H-pyrrole nitrogens is 1. The predicted molar refractivity (Wildman–Crippen MR) is 89.9 cm³/mol. The Hall–Kier alpha value is -2.83. The van der Waals surface area contributed by atoms with E-state index in [0.717, 1.165) is 16.5 Å². The molecule has 0 aliphatic rings. The molecule has 0 spiro atoms. The van der Waals surface area contributed by atoms with Crippen LogP contribution < -0.4 is 5.32 Å². The van der Waals surface area contributed by atoms with E-state index in [1.165, 1.54) is 18.7 Å². The van der Waals surface area contributed by atoms with E-state index < -0.39 is 17.9 Å². The van der Waals surface area contributed by atoms with E-state index in [9.17, 15) is 19.5 Å². The molecular weight excluding hydrogens is 310 g/mol. The van der Waals surface area contributed by atoms with Gasteiger partial charge >= 0.3 is 5.97 Å². The molecule has 2 amide bonds. The van der Waals surface area contributed by atoms with Crippen molar-refractivity contribution in [3.8, 4) is 0 Å². The van der Waals surface area contributed by atoms with Gasteiger partial charge in [-0.15, -0.1) is 0 Å². The lowest BCUT2D eigenvalue weighted by molar-refractivity contribution is -0.141. The Bertz CT molecular complexity index is 781. The number of carbonyl (C=O) groups excluding carboxylic acids is 2. The number of aromatic amines is 1. The topological polar surface area (TPSA) is 103 Å². The minimum Gasteiger partial charge on any atom is -0.480 e. The molecule has 7 heteroatoms. The maximum absolute atomic E-state index is 12.7. The zero-order valence-electron chi connectivity index (χ0n) is 13.9. The highest BCUT2D eigenvalue weighted by Crippen LogP contribution is 2.18. The standard InChI is InChI=1S/C17H21N3O4/c1-10-4-5-13-9-15(19-14(13)8-10)16(22)20(11(2)17(23)24)7-6-18-12(3)21/h4-5,8-9,11,19H,6-7H2,1-3H3,(H,18,21)(H,23,24). The summed E-state index contributed by atoms with van der Waals surface area (Å²) in [4.78, 5) is 39.3. The van der Waals surface area contributed by atoms with Gasteiger partial charge in [-0.2, -0.15) is 0 Å². The third kappa shape index (κ3) is 3.92. The van der Waals surface area contributed by atoms with Crippen molar-refractivity contribution in [2.45, 2.75) is 26.8 Å². The van der Waals surface area contributed by atoms with Crippen LogP contribution in [0, 0.1) is 6.92 Å². The summed E-state index contributed by atoms with van der Waals surface area (Å²) in [6, 6.07) is 6.48. The third-order valence-electron chi connectivity index (χ3n) is 3.82. The van der Waals surface area contributed by atoms with Crippen molar-refractivity contribution < 1.29 is 19.5 Å². The smallest absolute Gasteiger partial charge is 0.326 e. The van der Waals surface area contributed by atoms with Crippen LogP contribution in [0.25, 0.3) is 10.9 Å². The van der Waals surface area contributed by atoms with Crippen LogP contribution in [-0.2, 0) is 9.59 Å². The molecule has 2 aromatic rings. The number of hydrogen-bond acceptors (Lipinski definition) is 3. The largest absolute Gasteiger partial charge is 0.480 e. The molecule has 2 rings (SSSR count). The highest BCUT2D eigenvalue weighted by atomic mass is 16.4. The SMILES string of the molecule is CC(=O)NCCN(C(=O)c1cc2ccc(C)cc2[nH]1)C(C)C(=O)O. The van der Waals surface area contributed by atoms with Gasteiger partial charge in [-0.1, -0.05) is 12.1 Å². The van der Waals surface area contributed by atoms with Gasteiger partial charge in [0.2, 0.25) is 5.91 Å². The number of fused-ring (bicyclic) bond motifs is 1. The Morgan fingerprint density at radius 2 is 2.00 bits per heavy atom. The monoisotopic (exact) mass is 331 g/mol. The van der Waals surface area contributed by atoms with E-state index in [-0.39, 0.29) is 19.0 Å². The predicted octanol–water partition coefficient (Wildman–Crippen LogP) is 1.53. The first-order valence-electron chi connectivity index (χ1n) is 7.67. The van der Waals surface area contributed by atoms with Crippen molar-refractivity contribution in [2.75, 3.05) is 13.1 Å². The van der Waals surface area contributed by atoms with Crippen molar-refractivity contribution in [3.05, 3.63) is 35.5 Å². The van der Waals surface area contributed by atoms with Crippen molar-refractivity contribution in [1.29, 1.82) is 0 Å². The zero-order chi connectivity index (χ0) is 17.9. The molecule has 1 atom stereocenters. The average Bonchev–Trinajstić information content (AvgIpc) is 2.93. The van der Waals surface area contributed by atoms with Gasteiger partial charge in [0.15, 0.2) is 0 Å². The highest BCUT2D eigenvalue weighted by Gasteiger charge is 2.27. The lowest BCUT2D eigenvalue weighted by Crippen LogP contribution is -2.46. The van der Waals surface area contributed by atoms with Gasteiger partial charge in [0.1, 0.15) is 11.7 Å². The zero-order valence-corrected chi connectivity index (χ0v) is 13.9. The second-order valence-corrected chi connectivity index (χ2v) is 5.77. The fraction of sp³-hybridized carbons (Fsp3) is 0.353. The summed E-state index contributed by atoms with van der Waals surface area (Å²) in [5.74, 6) is -1.74. The summed E-state index contributed by atoms with van der Waals surface area (Å²) in [6.07, 6.45) is 0. The normalized spacial score (nSPS) is 12.0. The molecule has 128 valence electrons. The molecule has 1 aromatic carbocycles. The fourth-order valence-corrected chi connectivity index (χ4v) is 2.47. The van der Waals surface area contributed by atoms with Crippen molar-refractivity contribution >= 4 is 28.7 Å². The molecule has 0 saturated carbocycles. The minimum absolute atomic E-state index is 0.111. The van der Waals surface area contributed by atoms with Crippen LogP contribution in [0.5, 0.6) is 0 Å². The van der Waals surface area contributed by atoms with Crippen LogP contribution in [0.15, 0.2) is 24.3 Å². The number of aryl methyl sites for hydroxylation is 1. The molecule has 0 radical (unpaired) electrons. The molecular formula is C17H21N3O4. The molecule has 24 heavy (non-hydrogen) atoms. The van der Waals surface area contributed by atoms with E-state index in [1.807, 2.05) is 25.1 Å². The number of benzene rings is 1. The van der Waals surface area contributed by atoms with Crippen molar-refractivity contribution in [1.82, 2.24) is 15.2 Å². The lowest BCUT2D eigenvalue weighted by Gasteiger charge is -2.26. The third-order valence-corrected chi connectivity index (χ3v) is 3.82. The first-order chi connectivity index (χ1) is 11.3. The molecule has 1 unspecified atom stereocenters. The van der Waals surface area contributed by atoms with E-state index in [1.54, 1.807) is 6.07 Å². The maximum Gasteiger partial charge on any atom is 0.326 e. The van der Waals surface area contributed by atoms with E-state index in [0.29, 0.717) is 5.69 Å². The molecule has 0 aliphatic carbocycles. The van der Waals surface area contributed by atoms with Crippen LogP contribution in [-0.4, -0.2) is 51.9 Å². The van der Waals surface area contributed by atoms with Crippen LogP contribution in [0.2, 0.25) is 0 Å². The van der Waals surface area contributed by atoms with Gasteiger partial charge in [0.25, 0.3) is 5.91 Å². The van der Waals surface area contributed by atoms with Crippen LogP contribution >= 0.6 is 0 Å². The van der Waals surface area contributed by atoms with Crippen molar-refractivity contribution in [2.24, 2.45) is 0 Å². The number of carbonyl (C=O) groups is 3. The van der Waals surface area contributed by atoms with Crippen LogP contribution in [0.4, 0.5) is 0 Å². The number of nitrogens with one attached hydrogen (secondary N) is 2. The van der Waals surface area contributed by atoms with E-state index in [2.05, 4.69) is 10.3 Å². The van der Waals surface area contributed by atoms with E-state index >= 15 is 0 Å². The van der Waals surface area contributed by atoms with Gasteiger partial charge in [0.05, 0.1) is 0 Å². The first-order valence-corrected chi connectivity index (χ1v) is 7.67. The van der Waals surface area contributed by atoms with Gasteiger partial charge in [-0.3, -0.25) is 9.59 Å². The lowest BCUT2D eigenvalue weighted by atomic mass is 10.2. The molecule has 0 aliphatic heterocycles. The van der Waals surface area contributed by atoms with Gasteiger partial charge in [0, 0.05) is 30.9 Å². The summed E-state index contributed by atoms with van der Waals surface area (Å²) in [6.45, 7) is 5.07. The number of rotatable bonds is 6. The molecule has 0 bridgehead atoms. The Labute approximate surface area is 139 Å². The highest BCUT2D eigenvalue weighted by molar-refractivity contribution is 5.99. The van der Waals surface area contributed by atoms with Gasteiger partial charge in [-0.25, -0.2) is 4.79 Å². The molecule has 0 fully saturated rings. The second-order valence-electron chi connectivity index (χ2n) is 5.77. The molecule has 7 nitrogen and oxygen atoms in total. The number of carboxylic acid groups (broad SMARTS) is 1. The first kappa shape index (κ1) is 17.5. The number of nitrogens with zero attached hydrogens (tertiary/aromatic N) is 1. The second kappa shape index (κ2) is 7.16. The minimum atomic E-state index is -1.10. The summed E-state index contributed by atoms with van der Waals surface area (Å²) in [5.41, 5.74) is 2.21. The van der Waals surface area contributed by atoms with E-state index in [4.69, 9.17) is 0 Å². The van der Waals surface area contributed by atoms with Crippen LogP contribution in [0.3, 0.4) is 0 Å².